The molecule has 182 valence electrons. The number of nitrogens with zero attached hydrogens (tertiary/aromatic N) is 1. The number of ether oxygens (including phenoxy) is 1. The normalized spacial score (nSPS) is 13.8. The van der Waals surface area contributed by atoms with E-state index in [0.29, 0.717) is 37.0 Å². The third-order valence-electron chi connectivity index (χ3n) is 6.34. The summed E-state index contributed by atoms with van der Waals surface area (Å²) in [6.07, 6.45) is 1.67. The minimum atomic E-state index is -0.224. The molecule has 4 rings (SSSR count). The summed E-state index contributed by atoms with van der Waals surface area (Å²) in [5, 5.41) is 9.08. The molecule has 0 saturated carbocycles. The highest BCUT2D eigenvalue weighted by Gasteiger charge is 2.24. The zero-order chi connectivity index (χ0) is 24.5. The Kier molecular flexibility index (Phi) is 8.22. The highest BCUT2D eigenvalue weighted by atomic mass is 16.5. The number of benzene rings is 3. The number of para-hydroxylation sites is 2. The molecule has 0 unspecified atom stereocenters. The fourth-order valence-electron chi connectivity index (χ4n) is 4.35. The molecule has 1 fully saturated rings. The Morgan fingerprint density at radius 3 is 2.06 bits per heavy atom. The minimum absolute atomic E-state index is 0.132. The molecule has 0 atom stereocenters. The number of amides is 4. The number of carbonyl (C=O) groups is 2. The molecule has 7 nitrogen and oxygen atoms in total. The number of urea groups is 2. The lowest BCUT2D eigenvalue weighted by Crippen LogP contribution is -2.45. The minimum Gasteiger partial charge on any atom is -0.495 e. The Morgan fingerprint density at radius 1 is 0.886 bits per heavy atom. The van der Waals surface area contributed by atoms with E-state index in [-0.39, 0.29) is 18.1 Å². The van der Waals surface area contributed by atoms with Crippen LogP contribution in [0.5, 0.6) is 5.75 Å². The lowest BCUT2D eigenvalue weighted by atomic mass is 9.97. The Bertz CT molecular complexity index is 1060. The van der Waals surface area contributed by atoms with E-state index in [0.717, 1.165) is 24.0 Å². The molecule has 7 heteroatoms. The molecule has 3 aromatic rings. The van der Waals surface area contributed by atoms with E-state index in [2.05, 4.69) is 16.0 Å². The Hall–Kier alpha value is -4.00. The van der Waals surface area contributed by atoms with Crippen molar-refractivity contribution in [2.45, 2.75) is 18.9 Å². The fourth-order valence-corrected chi connectivity index (χ4v) is 4.35. The first-order valence-corrected chi connectivity index (χ1v) is 12.0. The molecule has 0 aromatic heterocycles. The largest absolute Gasteiger partial charge is 0.495 e. The van der Waals surface area contributed by atoms with Gasteiger partial charge in [0, 0.05) is 19.6 Å². The van der Waals surface area contributed by atoms with E-state index < -0.39 is 0 Å². The van der Waals surface area contributed by atoms with E-state index in [1.165, 1.54) is 0 Å². The molecular formula is C28H32N4O3. The van der Waals surface area contributed by atoms with Gasteiger partial charge in [-0.2, -0.15) is 0 Å². The molecule has 0 bridgehead atoms. The number of methoxy groups -OCH3 is 1. The van der Waals surface area contributed by atoms with Crippen LogP contribution in [0.3, 0.4) is 0 Å². The van der Waals surface area contributed by atoms with Gasteiger partial charge >= 0.3 is 12.1 Å². The molecule has 1 saturated heterocycles. The average Bonchev–Trinajstić information content (AvgIpc) is 2.92. The maximum atomic E-state index is 12.8. The molecule has 3 N–H and O–H groups in total. The van der Waals surface area contributed by atoms with Gasteiger partial charge in [0.15, 0.2) is 0 Å². The molecular weight excluding hydrogens is 440 g/mol. The lowest BCUT2D eigenvalue weighted by molar-refractivity contribution is 0.180. The first-order chi connectivity index (χ1) is 17.1. The van der Waals surface area contributed by atoms with Crippen molar-refractivity contribution in [3.8, 4) is 5.75 Å². The number of piperidine rings is 1. The fraction of sp³-hybridized carbons (Fsp3) is 0.286. The van der Waals surface area contributed by atoms with Crippen LogP contribution in [-0.4, -0.2) is 43.7 Å². The van der Waals surface area contributed by atoms with E-state index >= 15 is 0 Å². The van der Waals surface area contributed by atoms with Gasteiger partial charge in [0.25, 0.3) is 0 Å². The number of likely N-dealkylation sites (tertiary alicyclic amines) is 1. The molecule has 1 aliphatic heterocycles. The molecule has 0 aliphatic carbocycles. The highest BCUT2D eigenvalue weighted by Crippen LogP contribution is 2.25. The van der Waals surface area contributed by atoms with Crippen molar-refractivity contribution in [2.75, 3.05) is 32.1 Å². The number of anilines is 1. The van der Waals surface area contributed by atoms with Crippen LogP contribution in [0, 0.1) is 5.92 Å². The maximum Gasteiger partial charge on any atom is 0.321 e. The summed E-state index contributed by atoms with van der Waals surface area (Å²) in [7, 11) is 1.58. The molecule has 1 aliphatic rings. The van der Waals surface area contributed by atoms with E-state index in [1.807, 2.05) is 89.8 Å². The van der Waals surface area contributed by atoms with Gasteiger partial charge in [-0.15, -0.1) is 0 Å². The number of nitrogens with one attached hydrogen (secondary N) is 3. The van der Waals surface area contributed by atoms with Crippen molar-refractivity contribution >= 4 is 17.7 Å². The van der Waals surface area contributed by atoms with Crippen LogP contribution in [0.1, 0.15) is 30.0 Å². The van der Waals surface area contributed by atoms with Gasteiger partial charge in [-0.05, 0) is 42.0 Å². The van der Waals surface area contributed by atoms with Gasteiger partial charge < -0.3 is 25.6 Å². The average molecular weight is 473 g/mol. The summed E-state index contributed by atoms with van der Waals surface area (Å²) in [5.74, 6) is 0.957. The quantitative estimate of drug-likeness (QED) is 0.451. The first-order valence-electron chi connectivity index (χ1n) is 12.0. The molecule has 0 spiro atoms. The Morgan fingerprint density at radius 2 is 1.46 bits per heavy atom. The summed E-state index contributed by atoms with van der Waals surface area (Å²) in [6.45, 7) is 1.86. The summed E-state index contributed by atoms with van der Waals surface area (Å²) in [6, 6.07) is 26.7. The monoisotopic (exact) mass is 472 g/mol. The van der Waals surface area contributed by atoms with Crippen molar-refractivity contribution in [1.82, 2.24) is 15.5 Å². The van der Waals surface area contributed by atoms with E-state index in [9.17, 15) is 9.59 Å². The van der Waals surface area contributed by atoms with Gasteiger partial charge in [-0.25, -0.2) is 9.59 Å². The van der Waals surface area contributed by atoms with Crippen LogP contribution < -0.4 is 20.7 Å². The topological polar surface area (TPSA) is 82.7 Å². The van der Waals surface area contributed by atoms with Gasteiger partial charge in [0.05, 0.1) is 18.8 Å². The second kappa shape index (κ2) is 11.9. The smallest absolute Gasteiger partial charge is 0.321 e. The van der Waals surface area contributed by atoms with Crippen molar-refractivity contribution in [2.24, 2.45) is 5.92 Å². The van der Waals surface area contributed by atoms with Crippen LogP contribution in [0.2, 0.25) is 0 Å². The Labute approximate surface area is 206 Å². The van der Waals surface area contributed by atoms with Crippen LogP contribution >= 0.6 is 0 Å². The molecule has 35 heavy (non-hydrogen) atoms. The van der Waals surface area contributed by atoms with Crippen molar-refractivity contribution < 1.29 is 14.3 Å². The van der Waals surface area contributed by atoms with Gasteiger partial charge in [-0.3, -0.25) is 0 Å². The van der Waals surface area contributed by atoms with Crippen LogP contribution in [0.25, 0.3) is 0 Å². The number of carbonyl (C=O) groups excluding carboxylic acids is 2. The number of hydrogen-bond acceptors (Lipinski definition) is 3. The van der Waals surface area contributed by atoms with Gasteiger partial charge in [0.1, 0.15) is 5.75 Å². The molecule has 0 radical (unpaired) electrons. The van der Waals surface area contributed by atoms with Gasteiger partial charge in [-0.1, -0.05) is 72.8 Å². The third kappa shape index (κ3) is 6.53. The maximum absolute atomic E-state index is 12.8. The predicted octanol–water partition coefficient (Wildman–Crippen LogP) is 5.03. The van der Waals surface area contributed by atoms with Crippen molar-refractivity contribution in [3.05, 3.63) is 96.1 Å². The number of hydrogen-bond donors (Lipinski definition) is 3. The standard InChI is InChI=1S/C28H32N4O3/c1-35-25-15-9-8-14-24(25)30-28(34)32-18-16-21(17-19-32)20-29-27(33)31-26(22-10-4-2-5-11-22)23-12-6-3-7-13-23/h2-15,21,26H,16-20H2,1H3,(H,30,34)(H2,29,31,33). The summed E-state index contributed by atoms with van der Waals surface area (Å²) in [5.41, 5.74) is 2.72. The third-order valence-corrected chi connectivity index (χ3v) is 6.34. The second-order valence-electron chi connectivity index (χ2n) is 8.67. The summed E-state index contributed by atoms with van der Waals surface area (Å²) < 4.78 is 5.31. The number of rotatable bonds is 7. The summed E-state index contributed by atoms with van der Waals surface area (Å²) >= 11 is 0. The zero-order valence-electron chi connectivity index (χ0n) is 19.9. The van der Waals surface area contributed by atoms with Gasteiger partial charge in [0.2, 0.25) is 0 Å². The highest BCUT2D eigenvalue weighted by molar-refractivity contribution is 5.91. The van der Waals surface area contributed by atoms with E-state index in [1.54, 1.807) is 7.11 Å². The second-order valence-corrected chi connectivity index (χ2v) is 8.67. The SMILES string of the molecule is COc1ccccc1NC(=O)N1CCC(CNC(=O)NC(c2ccccc2)c2ccccc2)CC1. The predicted molar refractivity (Wildman–Crippen MR) is 138 cm³/mol. The molecule has 4 amide bonds. The van der Waals surface area contributed by atoms with Crippen LogP contribution in [0.4, 0.5) is 15.3 Å². The van der Waals surface area contributed by atoms with Crippen molar-refractivity contribution in [1.29, 1.82) is 0 Å². The zero-order valence-corrected chi connectivity index (χ0v) is 19.9. The van der Waals surface area contributed by atoms with E-state index in [4.69, 9.17) is 4.74 Å². The molecule has 1 heterocycles. The van der Waals surface area contributed by atoms with Crippen LogP contribution in [0.15, 0.2) is 84.9 Å². The summed E-state index contributed by atoms with van der Waals surface area (Å²) in [4.78, 5) is 27.3. The van der Waals surface area contributed by atoms with Crippen LogP contribution in [-0.2, 0) is 0 Å². The van der Waals surface area contributed by atoms with Crippen molar-refractivity contribution in [3.63, 3.8) is 0 Å². The molecule has 3 aromatic carbocycles. The Balaban J connectivity index is 1.26. The lowest BCUT2D eigenvalue weighted by Gasteiger charge is -2.32. The first kappa shape index (κ1) is 24.1.